The molecular weight excluding hydrogens is 362 g/mol. The molecule has 2 N–H and O–H groups in total. The number of methoxy groups -OCH3 is 2. The van der Waals surface area contributed by atoms with Gasteiger partial charge in [-0.15, -0.1) is 0 Å². The number of H-pyrrole nitrogens is 2. The van der Waals surface area contributed by atoms with Gasteiger partial charge in [0, 0.05) is 54.6 Å². The molecule has 2 aromatic heterocycles. The number of aromatic amines is 2. The molecule has 7 nitrogen and oxygen atoms in total. The Morgan fingerprint density at radius 2 is 2.04 bits per heavy atom. The van der Waals surface area contributed by atoms with Gasteiger partial charge < -0.3 is 14.5 Å². The fourth-order valence-corrected chi connectivity index (χ4v) is 3.63. The highest BCUT2D eigenvalue weighted by Gasteiger charge is 2.19. The Hall–Kier alpha value is -2.71. The Kier molecular flexibility index (Phi) is 4.91. The smallest absolute Gasteiger partial charge is 0.196 e. The monoisotopic (exact) mass is 383 g/mol. The number of rotatable bonds is 5. The highest BCUT2D eigenvalue weighted by Crippen LogP contribution is 2.33. The van der Waals surface area contributed by atoms with E-state index in [4.69, 9.17) is 21.7 Å². The standard InChI is InChI=1S/C19H21N5O2S/c1-25-16-4-3-12(7-17(16)26-2)18-14(9-21-23-18)11-24-6-5-15-13(10-24)8-20-19(27)22-15/h3-4,7-9H,5-6,10-11H2,1-2H3,(H,21,23)(H,20,22,27). The van der Waals surface area contributed by atoms with Crippen molar-refractivity contribution in [1.29, 1.82) is 0 Å². The number of fused-ring (bicyclic) bond motifs is 1. The molecule has 0 unspecified atom stereocenters. The lowest BCUT2D eigenvalue weighted by Crippen LogP contribution is -2.30. The van der Waals surface area contributed by atoms with Gasteiger partial charge in [-0.25, -0.2) is 4.98 Å². The summed E-state index contributed by atoms with van der Waals surface area (Å²) >= 11 is 5.12. The van der Waals surface area contributed by atoms with Gasteiger partial charge in [0.1, 0.15) is 0 Å². The minimum absolute atomic E-state index is 0.549. The summed E-state index contributed by atoms with van der Waals surface area (Å²) in [4.78, 5) is 9.80. The molecule has 0 bridgehead atoms. The highest BCUT2D eigenvalue weighted by molar-refractivity contribution is 7.71. The molecule has 140 valence electrons. The van der Waals surface area contributed by atoms with Crippen LogP contribution in [0.3, 0.4) is 0 Å². The molecule has 1 aliphatic rings. The lowest BCUT2D eigenvalue weighted by atomic mass is 10.0. The van der Waals surface area contributed by atoms with Gasteiger partial charge in [0.2, 0.25) is 0 Å². The first kappa shape index (κ1) is 17.7. The van der Waals surface area contributed by atoms with Crippen molar-refractivity contribution in [2.75, 3.05) is 20.8 Å². The van der Waals surface area contributed by atoms with Gasteiger partial charge in [-0.1, -0.05) is 0 Å². The fraction of sp³-hybridized carbons (Fsp3) is 0.316. The molecule has 0 atom stereocenters. The van der Waals surface area contributed by atoms with E-state index in [1.165, 1.54) is 11.3 Å². The van der Waals surface area contributed by atoms with Gasteiger partial charge >= 0.3 is 0 Å². The maximum absolute atomic E-state index is 5.42. The number of benzene rings is 1. The van der Waals surface area contributed by atoms with Crippen LogP contribution in [0, 0.1) is 4.77 Å². The molecule has 27 heavy (non-hydrogen) atoms. The summed E-state index contributed by atoms with van der Waals surface area (Å²) in [5, 5.41) is 7.38. The fourth-order valence-electron chi connectivity index (χ4n) is 3.45. The number of hydrogen-bond donors (Lipinski definition) is 2. The third-order valence-corrected chi connectivity index (χ3v) is 5.05. The van der Waals surface area contributed by atoms with Crippen molar-refractivity contribution in [2.45, 2.75) is 19.5 Å². The second kappa shape index (κ2) is 7.50. The number of nitrogens with zero attached hydrogens (tertiary/aromatic N) is 3. The lowest BCUT2D eigenvalue weighted by molar-refractivity contribution is 0.243. The first-order chi connectivity index (χ1) is 13.2. The van der Waals surface area contributed by atoms with Crippen molar-refractivity contribution >= 4 is 12.2 Å². The largest absolute Gasteiger partial charge is 0.493 e. The van der Waals surface area contributed by atoms with E-state index in [-0.39, 0.29) is 0 Å². The number of hydrogen-bond acceptors (Lipinski definition) is 6. The van der Waals surface area contributed by atoms with Gasteiger partial charge in [-0.3, -0.25) is 10.00 Å². The van der Waals surface area contributed by atoms with E-state index in [0.717, 1.165) is 42.9 Å². The number of nitrogens with one attached hydrogen (secondary N) is 2. The first-order valence-corrected chi connectivity index (χ1v) is 9.13. The predicted molar refractivity (Wildman–Crippen MR) is 104 cm³/mol. The van der Waals surface area contributed by atoms with E-state index in [1.807, 2.05) is 30.6 Å². The van der Waals surface area contributed by atoms with Crippen molar-refractivity contribution in [3.63, 3.8) is 0 Å². The van der Waals surface area contributed by atoms with Gasteiger partial charge in [-0.2, -0.15) is 5.10 Å². The van der Waals surface area contributed by atoms with E-state index in [2.05, 4.69) is 25.1 Å². The van der Waals surface area contributed by atoms with Crippen molar-refractivity contribution in [1.82, 2.24) is 25.1 Å². The molecule has 1 aliphatic heterocycles. The zero-order chi connectivity index (χ0) is 18.8. The van der Waals surface area contributed by atoms with E-state index in [0.29, 0.717) is 16.3 Å². The molecular formula is C19H21N5O2S. The summed E-state index contributed by atoms with van der Waals surface area (Å²) < 4.78 is 11.3. The van der Waals surface area contributed by atoms with Crippen molar-refractivity contribution in [2.24, 2.45) is 0 Å². The Morgan fingerprint density at radius 1 is 1.19 bits per heavy atom. The molecule has 0 amide bonds. The lowest BCUT2D eigenvalue weighted by Gasteiger charge is -2.28. The zero-order valence-corrected chi connectivity index (χ0v) is 16.1. The second-order valence-electron chi connectivity index (χ2n) is 6.49. The van der Waals surface area contributed by atoms with Gasteiger partial charge in [0.15, 0.2) is 16.3 Å². The maximum Gasteiger partial charge on any atom is 0.196 e. The molecule has 0 radical (unpaired) electrons. The van der Waals surface area contributed by atoms with Crippen LogP contribution in [0.15, 0.2) is 30.6 Å². The van der Waals surface area contributed by atoms with Crippen LogP contribution in [0.1, 0.15) is 16.8 Å². The zero-order valence-electron chi connectivity index (χ0n) is 15.3. The summed E-state index contributed by atoms with van der Waals surface area (Å²) in [5.41, 5.74) is 5.54. The van der Waals surface area contributed by atoms with Crippen LogP contribution in [0.5, 0.6) is 11.5 Å². The minimum Gasteiger partial charge on any atom is -0.493 e. The molecule has 0 saturated carbocycles. The van der Waals surface area contributed by atoms with E-state index < -0.39 is 0 Å². The Balaban J connectivity index is 1.56. The average molecular weight is 383 g/mol. The molecule has 3 aromatic rings. The summed E-state index contributed by atoms with van der Waals surface area (Å²) in [7, 11) is 3.27. The van der Waals surface area contributed by atoms with E-state index in [9.17, 15) is 0 Å². The quantitative estimate of drug-likeness (QED) is 0.659. The van der Waals surface area contributed by atoms with Crippen LogP contribution in [0.2, 0.25) is 0 Å². The SMILES string of the molecule is COc1ccc(-c2[nH]ncc2CN2CCc3[nH]c(=S)ncc3C2)cc1OC. The predicted octanol–water partition coefficient (Wildman–Crippen LogP) is 3.10. The molecule has 0 spiro atoms. The van der Waals surface area contributed by atoms with Crippen LogP contribution < -0.4 is 9.47 Å². The van der Waals surface area contributed by atoms with Crippen molar-refractivity contribution < 1.29 is 9.47 Å². The molecule has 0 saturated heterocycles. The third-order valence-electron chi connectivity index (χ3n) is 4.84. The van der Waals surface area contributed by atoms with Crippen LogP contribution in [-0.2, 0) is 19.5 Å². The van der Waals surface area contributed by atoms with Crippen LogP contribution in [-0.4, -0.2) is 45.8 Å². The number of ether oxygens (including phenoxy) is 2. The van der Waals surface area contributed by atoms with Crippen molar-refractivity contribution in [3.8, 4) is 22.8 Å². The molecule has 0 aliphatic carbocycles. The Bertz CT molecular complexity index is 1010. The number of aromatic nitrogens is 4. The van der Waals surface area contributed by atoms with Crippen molar-refractivity contribution in [3.05, 3.63) is 52.2 Å². The third kappa shape index (κ3) is 3.58. The van der Waals surface area contributed by atoms with Crippen LogP contribution in [0.4, 0.5) is 0 Å². The van der Waals surface area contributed by atoms with E-state index in [1.54, 1.807) is 14.2 Å². The summed E-state index contributed by atoms with van der Waals surface area (Å²) in [5.74, 6) is 1.41. The summed E-state index contributed by atoms with van der Waals surface area (Å²) in [6.07, 6.45) is 4.70. The molecule has 0 fully saturated rings. The topological polar surface area (TPSA) is 79.1 Å². The molecule has 1 aromatic carbocycles. The van der Waals surface area contributed by atoms with Crippen LogP contribution >= 0.6 is 12.2 Å². The minimum atomic E-state index is 0.549. The van der Waals surface area contributed by atoms with E-state index >= 15 is 0 Å². The van der Waals surface area contributed by atoms with Crippen LogP contribution in [0.25, 0.3) is 11.3 Å². The molecule has 8 heteroatoms. The highest BCUT2D eigenvalue weighted by atomic mass is 32.1. The van der Waals surface area contributed by atoms with Gasteiger partial charge in [0.25, 0.3) is 0 Å². The Morgan fingerprint density at radius 3 is 2.85 bits per heavy atom. The normalized spacial score (nSPS) is 14.0. The Labute approximate surface area is 162 Å². The van der Waals surface area contributed by atoms with Gasteiger partial charge in [-0.05, 0) is 30.4 Å². The maximum atomic E-state index is 5.42. The van der Waals surface area contributed by atoms with Gasteiger partial charge in [0.05, 0.1) is 26.1 Å². The second-order valence-corrected chi connectivity index (χ2v) is 6.88. The first-order valence-electron chi connectivity index (χ1n) is 8.72. The summed E-state index contributed by atoms with van der Waals surface area (Å²) in [6, 6.07) is 5.88. The molecule has 4 rings (SSSR count). The summed E-state index contributed by atoms with van der Waals surface area (Å²) in [6.45, 7) is 2.60. The molecule has 3 heterocycles. The average Bonchev–Trinajstić information content (AvgIpc) is 3.15.